The van der Waals surface area contributed by atoms with Crippen molar-refractivity contribution in [3.8, 4) is 0 Å². The van der Waals surface area contributed by atoms with Gasteiger partial charge in [0.05, 0.1) is 6.26 Å². The normalized spacial score (nSPS) is 11.5. The molecule has 0 fully saturated rings. The van der Waals surface area contributed by atoms with Crippen LogP contribution in [0.3, 0.4) is 0 Å². The molecule has 86 valence electrons. The van der Waals surface area contributed by atoms with Crippen molar-refractivity contribution in [2.45, 2.75) is 31.4 Å². The van der Waals surface area contributed by atoms with Crippen LogP contribution < -0.4 is 5.73 Å². The van der Waals surface area contributed by atoms with E-state index in [2.05, 4.69) is 19.9 Å². The molecule has 0 bridgehead atoms. The van der Waals surface area contributed by atoms with Crippen LogP contribution in [0.15, 0.2) is 28.9 Å². The Morgan fingerprint density at radius 2 is 2.12 bits per heavy atom. The Hall–Kier alpha value is -0.930. The van der Waals surface area contributed by atoms with Gasteiger partial charge >= 0.3 is 0 Å². The van der Waals surface area contributed by atoms with Crippen LogP contribution in [0.2, 0.25) is 0 Å². The lowest BCUT2D eigenvalue weighted by Crippen LogP contribution is -1.96. The van der Waals surface area contributed by atoms with E-state index in [-0.39, 0.29) is 0 Å². The summed E-state index contributed by atoms with van der Waals surface area (Å²) >= 11 is 1.93. The molecule has 0 spiro atoms. The van der Waals surface area contributed by atoms with Crippen molar-refractivity contribution >= 4 is 22.7 Å². The van der Waals surface area contributed by atoms with Gasteiger partial charge in [-0.3, -0.25) is 0 Å². The molecule has 0 radical (unpaired) electrons. The fourth-order valence-electron chi connectivity index (χ4n) is 1.70. The van der Waals surface area contributed by atoms with Crippen molar-refractivity contribution in [2.24, 2.45) is 5.73 Å². The topological polar surface area (TPSA) is 39.2 Å². The number of hydrogen-bond donors (Lipinski definition) is 1. The summed E-state index contributed by atoms with van der Waals surface area (Å²) in [4.78, 5) is 0. The number of para-hydroxylation sites is 1. The summed E-state index contributed by atoms with van der Waals surface area (Å²) in [6.45, 7) is 4.94. The third-order valence-electron chi connectivity index (χ3n) is 2.55. The highest BCUT2D eigenvalue weighted by molar-refractivity contribution is 7.99. The molecule has 0 aliphatic heterocycles. The molecule has 2 nitrogen and oxygen atoms in total. The molecule has 0 saturated carbocycles. The zero-order valence-electron chi connectivity index (χ0n) is 9.69. The van der Waals surface area contributed by atoms with E-state index in [0.29, 0.717) is 11.8 Å². The average molecular weight is 235 g/mol. The van der Waals surface area contributed by atoms with Gasteiger partial charge in [-0.2, -0.15) is 11.8 Å². The minimum absolute atomic E-state index is 0.529. The van der Waals surface area contributed by atoms with Crippen LogP contribution in [0.1, 0.15) is 25.0 Å². The Labute approximate surface area is 100 Å². The maximum Gasteiger partial charge on any atom is 0.138 e. The van der Waals surface area contributed by atoms with E-state index in [9.17, 15) is 0 Å². The van der Waals surface area contributed by atoms with Crippen molar-refractivity contribution < 1.29 is 4.42 Å². The van der Waals surface area contributed by atoms with Crippen LogP contribution in [0.4, 0.5) is 0 Å². The summed E-state index contributed by atoms with van der Waals surface area (Å²) in [6.07, 6.45) is 1.86. The van der Waals surface area contributed by atoms with Gasteiger partial charge in [-0.1, -0.05) is 32.0 Å². The summed E-state index contributed by atoms with van der Waals surface area (Å²) in [6, 6.07) is 6.17. The zero-order valence-corrected chi connectivity index (χ0v) is 10.5. The van der Waals surface area contributed by atoms with Gasteiger partial charge in [0.25, 0.3) is 0 Å². The van der Waals surface area contributed by atoms with E-state index >= 15 is 0 Å². The van der Waals surface area contributed by atoms with Gasteiger partial charge in [-0.15, -0.1) is 0 Å². The third-order valence-corrected chi connectivity index (χ3v) is 3.70. The second-order valence-electron chi connectivity index (χ2n) is 4.12. The second kappa shape index (κ2) is 4.93. The Morgan fingerprint density at radius 3 is 2.81 bits per heavy atom. The number of fused-ring (bicyclic) bond motifs is 1. The van der Waals surface area contributed by atoms with Crippen LogP contribution in [0, 0.1) is 0 Å². The fraction of sp³-hybridized carbons (Fsp3) is 0.385. The van der Waals surface area contributed by atoms with Gasteiger partial charge in [-0.25, -0.2) is 0 Å². The van der Waals surface area contributed by atoms with E-state index in [0.717, 1.165) is 16.9 Å². The number of hydrogen-bond acceptors (Lipinski definition) is 3. The molecule has 0 unspecified atom stereocenters. The lowest BCUT2D eigenvalue weighted by atomic mass is 10.1. The SMILES string of the molecule is CC(C)SCc1coc2c(CN)cccc12. The first-order valence-electron chi connectivity index (χ1n) is 5.52. The molecule has 0 saturated heterocycles. The minimum atomic E-state index is 0.529. The first-order chi connectivity index (χ1) is 7.72. The van der Waals surface area contributed by atoms with E-state index in [1.807, 2.05) is 30.2 Å². The fourth-order valence-corrected chi connectivity index (χ4v) is 2.44. The summed E-state index contributed by atoms with van der Waals surface area (Å²) < 4.78 is 5.61. The summed E-state index contributed by atoms with van der Waals surface area (Å²) in [7, 11) is 0. The molecule has 0 atom stereocenters. The molecule has 0 amide bonds. The van der Waals surface area contributed by atoms with Crippen LogP contribution >= 0.6 is 11.8 Å². The van der Waals surface area contributed by atoms with Gasteiger partial charge in [0.1, 0.15) is 5.58 Å². The molecule has 16 heavy (non-hydrogen) atoms. The second-order valence-corrected chi connectivity index (χ2v) is 5.68. The number of benzene rings is 1. The van der Waals surface area contributed by atoms with Crippen LogP contribution in [0.5, 0.6) is 0 Å². The molecule has 2 N–H and O–H groups in total. The highest BCUT2D eigenvalue weighted by Crippen LogP contribution is 2.28. The van der Waals surface area contributed by atoms with Gasteiger partial charge in [-0.05, 0) is 5.25 Å². The molecule has 2 rings (SSSR count). The molecule has 0 aliphatic carbocycles. The largest absolute Gasteiger partial charge is 0.464 e. The Morgan fingerprint density at radius 1 is 1.31 bits per heavy atom. The third kappa shape index (κ3) is 2.25. The highest BCUT2D eigenvalue weighted by Gasteiger charge is 2.09. The molecular weight excluding hydrogens is 218 g/mol. The van der Waals surface area contributed by atoms with E-state index in [1.165, 1.54) is 10.9 Å². The quantitative estimate of drug-likeness (QED) is 0.881. The summed E-state index contributed by atoms with van der Waals surface area (Å²) in [5.41, 5.74) is 8.98. The maximum atomic E-state index is 5.68. The molecule has 1 heterocycles. The maximum absolute atomic E-state index is 5.68. The van der Waals surface area contributed by atoms with Gasteiger partial charge in [0.2, 0.25) is 0 Å². The van der Waals surface area contributed by atoms with Crippen molar-refractivity contribution in [2.75, 3.05) is 0 Å². The molecule has 0 aliphatic rings. The molecule has 1 aromatic carbocycles. The van der Waals surface area contributed by atoms with Gasteiger partial charge < -0.3 is 10.2 Å². The first-order valence-corrected chi connectivity index (χ1v) is 6.57. The van der Waals surface area contributed by atoms with Crippen molar-refractivity contribution in [3.05, 3.63) is 35.6 Å². The standard InChI is InChI=1S/C13H17NOS/c1-9(2)16-8-11-7-15-13-10(6-14)4-3-5-12(11)13/h3-5,7,9H,6,8,14H2,1-2H3. The summed E-state index contributed by atoms with van der Waals surface area (Å²) in [5, 5.41) is 1.85. The predicted octanol–water partition coefficient (Wildman–Crippen LogP) is 3.53. The van der Waals surface area contributed by atoms with Gasteiger partial charge in [0, 0.05) is 28.8 Å². The van der Waals surface area contributed by atoms with Crippen LogP contribution in [-0.4, -0.2) is 5.25 Å². The van der Waals surface area contributed by atoms with E-state index < -0.39 is 0 Å². The molecular formula is C13H17NOS. The number of rotatable bonds is 4. The van der Waals surface area contributed by atoms with Gasteiger partial charge in [0.15, 0.2) is 0 Å². The van der Waals surface area contributed by atoms with Crippen LogP contribution in [0.25, 0.3) is 11.0 Å². The van der Waals surface area contributed by atoms with Crippen molar-refractivity contribution in [1.82, 2.24) is 0 Å². The van der Waals surface area contributed by atoms with Crippen molar-refractivity contribution in [3.63, 3.8) is 0 Å². The van der Waals surface area contributed by atoms with Crippen LogP contribution in [-0.2, 0) is 12.3 Å². The predicted molar refractivity (Wildman–Crippen MR) is 70.5 cm³/mol. The Kier molecular flexibility index (Phi) is 3.56. The zero-order chi connectivity index (χ0) is 11.5. The molecule has 2 aromatic rings. The molecule has 3 heteroatoms. The first kappa shape index (κ1) is 11.6. The van der Waals surface area contributed by atoms with E-state index in [1.54, 1.807) is 0 Å². The van der Waals surface area contributed by atoms with E-state index in [4.69, 9.17) is 10.2 Å². The summed E-state index contributed by atoms with van der Waals surface area (Å²) in [5.74, 6) is 0.999. The van der Waals surface area contributed by atoms with Crippen molar-refractivity contribution in [1.29, 1.82) is 0 Å². The monoisotopic (exact) mass is 235 g/mol. The smallest absolute Gasteiger partial charge is 0.138 e. The number of furan rings is 1. The Bertz CT molecular complexity index is 476. The average Bonchev–Trinajstić information content (AvgIpc) is 2.69. The highest BCUT2D eigenvalue weighted by atomic mass is 32.2. The molecule has 1 aromatic heterocycles. The lowest BCUT2D eigenvalue weighted by molar-refractivity contribution is 0.608. The number of nitrogens with two attached hydrogens (primary N) is 1. The lowest BCUT2D eigenvalue weighted by Gasteiger charge is -2.03. The minimum Gasteiger partial charge on any atom is -0.464 e. The Balaban J connectivity index is 2.34. The number of thioether (sulfide) groups is 1.